The lowest BCUT2D eigenvalue weighted by atomic mass is 9.78. The maximum absolute atomic E-state index is 6.10. The Balaban J connectivity index is 1.89. The van der Waals surface area contributed by atoms with Gasteiger partial charge in [-0.25, -0.2) is 4.98 Å². The summed E-state index contributed by atoms with van der Waals surface area (Å²) in [6, 6.07) is 8.05. The van der Waals surface area contributed by atoms with Crippen LogP contribution in [0.15, 0.2) is 30.6 Å². The average molecular weight is 299 g/mol. The number of hydrogen-bond acceptors (Lipinski definition) is 4. The number of aromatic nitrogens is 3. The second-order valence-corrected chi connectivity index (χ2v) is 6.64. The molecule has 22 heavy (non-hydrogen) atoms. The van der Waals surface area contributed by atoms with E-state index in [2.05, 4.69) is 37.8 Å². The second kappa shape index (κ2) is 5.21. The summed E-state index contributed by atoms with van der Waals surface area (Å²) in [5.41, 5.74) is 1.29. The van der Waals surface area contributed by atoms with Crippen LogP contribution in [0.5, 0.6) is 0 Å². The topological polar surface area (TPSA) is 49.2 Å². The van der Waals surface area contributed by atoms with E-state index >= 15 is 0 Å². The van der Waals surface area contributed by atoms with E-state index in [0.29, 0.717) is 0 Å². The predicted octanol–water partition coefficient (Wildman–Crippen LogP) is 2.26. The molecule has 0 saturated carbocycles. The molecule has 1 saturated heterocycles. The second-order valence-electron chi connectivity index (χ2n) is 6.64. The standard InChI is InChI=1S/C16H22BN3O2/c1-6-20-11-18-14(19-20)12-8-7-9-13(10-12)17-21-15(2,3)16(4,5)22-17/h7-11H,6H2,1-5H3. The molecule has 5 nitrogen and oxygen atoms in total. The predicted molar refractivity (Wildman–Crippen MR) is 86.8 cm³/mol. The van der Waals surface area contributed by atoms with E-state index < -0.39 is 0 Å². The molecular weight excluding hydrogens is 277 g/mol. The molecule has 0 N–H and O–H groups in total. The highest BCUT2D eigenvalue weighted by molar-refractivity contribution is 6.62. The molecule has 116 valence electrons. The van der Waals surface area contributed by atoms with Gasteiger partial charge in [0.15, 0.2) is 5.82 Å². The highest BCUT2D eigenvalue weighted by Gasteiger charge is 2.51. The van der Waals surface area contributed by atoms with Gasteiger partial charge in [-0.15, -0.1) is 0 Å². The van der Waals surface area contributed by atoms with Crippen molar-refractivity contribution in [2.75, 3.05) is 0 Å². The number of hydrogen-bond donors (Lipinski definition) is 0. The molecule has 1 aromatic heterocycles. The van der Waals surface area contributed by atoms with Crippen LogP contribution >= 0.6 is 0 Å². The van der Waals surface area contributed by atoms with E-state index in [0.717, 1.165) is 23.4 Å². The van der Waals surface area contributed by atoms with E-state index in [9.17, 15) is 0 Å². The van der Waals surface area contributed by atoms with Gasteiger partial charge >= 0.3 is 7.12 Å². The molecule has 2 aromatic rings. The van der Waals surface area contributed by atoms with Crippen molar-refractivity contribution < 1.29 is 9.31 Å². The fraction of sp³-hybridized carbons (Fsp3) is 0.500. The molecule has 0 unspecified atom stereocenters. The van der Waals surface area contributed by atoms with Crippen LogP contribution in [-0.2, 0) is 15.9 Å². The Morgan fingerprint density at radius 1 is 1.14 bits per heavy atom. The van der Waals surface area contributed by atoms with Crippen LogP contribution in [0.3, 0.4) is 0 Å². The third kappa shape index (κ3) is 2.57. The average Bonchev–Trinajstić information content (AvgIpc) is 3.02. The monoisotopic (exact) mass is 299 g/mol. The third-order valence-corrected chi connectivity index (χ3v) is 4.53. The number of benzene rings is 1. The zero-order chi connectivity index (χ0) is 16.0. The Morgan fingerprint density at radius 2 is 1.82 bits per heavy atom. The van der Waals surface area contributed by atoms with Crippen LogP contribution < -0.4 is 5.46 Å². The van der Waals surface area contributed by atoms with Crippen molar-refractivity contribution in [3.8, 4) is 11.4 Å². The summed E-state index contributed by atoms with van der Waals surface area (Å²) in [5.74, 6) is 0.722. The molecule has 1 fully saturated rings. The molecule has 1 aromatic carbocycles. The van der Waals surface area contributed by atoms with Crippen molar-refractivity contribution in [1.82, 2.24) is 14.8 Å². The SMILES string of the molecule is CCn1cnc(-c2cccc(B3OC(C)(C)C(C)(C)O3)c2)n1. The van der Waals surface area contributed by atoms with Crippen molar-refractivity contribution in [2.24, 2.45) is 0 Å². The summed E-state index contributed by atoms with van der Waals surface area (Å²) in [6.45, 7) is 11.1. The Hall–Kier alpha value is -1.66. The first-order valence-corrected chi connectivity index (χ1v) is 7.68. The van der Waals surface area contributed by atoms with Gasteiger partial charge in [0.1, 0.15) is 6.33 Å². The quantitative estimate of drug-likeness (QED) is 0.816. The van der Waals surface area contributed by atoms with Crippen molar-refractivity contribution in [3.63, 3.8) is 0 Å². The van der Waals surface area contributed by atoms with Crippen molar-refractivity contribution >= 4 is 12.6 Å². The minimum atomic E-state index is -0.363. The summed E-state index contributed by atoms with van der Waals surface area (Å²) < 4.78 is 14.0. The summed E-state index contributed by atoms with van der Waals surface area (Å²) in [5, 5.41) is 4.45. The molecule has 3 rings (SSSR count). The summed E-state index contributed by atoms with van der Waals surface area (Å²) >= 11 is 0. The van der Waals surface area contributed by atoms with Crippen LogP contribution in [0.4, 0.5) is 0 Å². The van der Waals surface area contributed by atoms with Gasteiger partial charge in [-0.05, 0) is 40.1 Å². The Morgan fingerprint density at radius 3 is 2.41 bits per heavy atom. The van der Waals surface area contributed by atoms with E-state index in [1.807, 2.05) is 35.9 Å². The first kappa shape index (κ1) is 15.2. The van der Waals surface area contributed by atoms with Gasteiger partial charge in [-0.3, -0.25) is 4.68 Å². The Kier molecular flexibility index (Phi) is 3.61. The normalized spacial score (nSPS) is 19.6. The zero-order valence-corrected chi connectivity index (χ0v) is 13.8. The fourth-order valence-corrected chi connectivity index (χ4v) is 2.38. The van der Waals surface area contributed by atoms with Crippen molar-refractivity contribution in [3.05, 3.63) is 30.6 Å². The Bertz CT molecular complexity index is 666. The van der Waals surface area contributed by atoms with Gasteiger partial charge in [0.05, 0.1) is 11.2 Å². The minimum Gasteiger partial charge on any atom is -0.399 e. The van der Waals surface area contributed by atoms with Gasteiger partial charge in [-0.2, -0.15) is 5.10 Å². The summed E-state index contributed by atoms with van der Waals surface area (Å²) in [6.07, 6.45) is 1.75. The van der Waals surface area contributed by atoms with Gasteiger partial charge in [0.2, 0.25) is 0 Å². The lowest BCUT2D eigenvalue weighted by Gasteiger charge is -2.32. The molecule has 0 aliphatic carbocycles. The van der Waals surface area contributed by atoms with Crippen LogP contribution in [0.25, 0.3) is 11.4 Å². The maximum Gasteiger partial charge on any atom is 0.494 e. The number of aryl methyl sites for hydroxylation is 1. The fourth-order valence-electron chi connectivity index (χ4n) is 2.38. The van der Waals surface area contributed by atoms with E-state index in [-0.39, 0.29) is 18.3 Å². The molecule has 2 heterocycles. The zero-order valence-electron chi connectivity index (χ0n) is 13.8. The third-order valence-electron chi connectivity index (χ3n) is 4.53. The maximum atomic E-state index is 6.10. The molecule has 0 spiro atoms. The summed E-state index contributed by atoms with van der Waals surface area (Å²) in [7, 11) is -0.363. The number of rotatable bonds is 3. The van der Waals surface area contributed by atoms with Crippen molar-refractivity contribution in [2.45, 2.75) is 52.4 Å². The lowest BCUT2D eigenvalue weighted by molar-refractivity contribution is 0.00578. The lowest BCUT2D eigenvalue weighted by Crippen LogP contribution is -2.41. The molecular formula is C16H22BN3O2. The first-order chi connectivity index (χ1) is 10.3. The van der Waals surface area contributed by atoms with Crippen LogP contribution in [0.2, 0.25) is 0 Å². The highest BCUT2D eigenvalue weighted by Crippen LogP contribution is 2.36. The van der Waals surface area contributed by atoms with E-state index in [4.69, 9.17) is 9.31 Å². The molecule has 0 amide bonds. The van der Waals surface area contributed by atoms with Crippen LogP contribution in [0, 0.1) is 0 Å². The van der Waals surface area contributed by atoms with Crippen molar-refractivity contribution in [1.29, 1.82) is 0 Å². The van der Waals surface area contributed by atoms with E-state index in [1.165, 1.54) is 0 Å². The number of nitrogens with zero attached hydrogens (tertiary/aromatic N) is 3. The van der Waals surface area contributed by atoms with E-state index in [1.54, 1.807) is 6.33 Å². The molecule has 0 atom stereocenters. The molecule has 0 bridgehead atoms. The molecule has 0 radical (unpaired) electrons. The molecule has 1 aliphatic heterocycles. The molecule has 1 aliphatic rings. The highest BCUT2D eigenvalue weighted by atomic mass is 16.7. The first-order valence-electron chi connectivity index (χ1n) is 7.68. The molecule has 6 heteroatoms. The van der Waals surface area contributed by atoms with Crippen LogP contribution in [-0.4, -0.2) is 33.1 Å². The van der Waals surface area contributed by atoms with Gasteiger partial charge < -0.3 is 9.31 Å². The summed E-state index contributed by atoms with van der Waals surface area (Å²) in [4.78, 5) is 4.35. The van der Waals surface area contributed by atoms with Gasteiger partial charge in [0, 0.05) is 12.1 Å². The minimum absolute atomic E-state index is 0.338. The van der Waals surface area contributed by atoms with Gasteiger partial charge in [0.25, 0.3) is 0 Å². The smallest absolute Gasteiger partial charge is 0.399 e. The van der Waals surface area contributed by atoms with Crippen LogP contribution in [0.1, 0.15) is 34.6 Å². The van der Waals surface area contributed by atoms with Gasteiger partial charge in [-0.1, -0.05) is 24.3 Å². The Labute approximate surface area is 131 Å². The largest absolute Gasteiger partial charge is 0.494 e.